The van der Waals surface area contributed by atoms with E-state index in [1.165, 1.54) is 16.8 Å². The lowest BCUT2D eigenvalue weighted by Gasteiger charge is -2.08. The Balaban J connectivity index is 1.79. The Morgan fingerprint density at radius 2 is 1.88 bits per heavy atom. The van der Waals surface area contributed by atoms with Crippen molar-refractivity contribution in [2.24, 2.45) is 0 Å². The van der Waals surface area contributed by atoms with Crippen LogP contribution in [-0.4, -0.2) is 14.8 Å². The molecule has 0 radical (unpaired) electrons. The summed E-state index contributed by atoms with van der Waals surface area (Å²) in [4.78, 5) is 4.36. The number of nitrogens with one attached hydrogen (secondary N) is 1. The molecule has 2 heterocycles. The lowest BCUT2D eigenvalue weighted by atomic mass is 10.2. The van der Waals surface area contributed by atoms with Crippen molar-refractivity contribution in [3.05, 3.63) is 76.4 Å². The van der Waals surface area contributed by atoms with Crippen LogP contribution in [0.1, 0.15) is 28.2 Å². The zero-order valence-electron chi connectivity index (χ0n) is 14.5. The Morgan fingerprint density at radius 1 is 1.08 bits per heavy atom. The Hall–Kier alpha value is -2.60. The Bertz CT molecular complexity index is 902. The minimum atomic E-state index is -0.630. The number of benzene rings is 1. The lowest BCUT2D eigenvalue weighted by Crippen LogP contribution is -2.15. The number of aryl methyl sites for hydroxylation is 2. The van der Waals surface area contributed by atoms with Crippen molar-refractivity contribution in [3.8, 4) is 5.69 Å². The zero-order chi connectivity index (χ0) is 18.0. The number of aromatic nitrogens is 3. The Labute approximate surface area is 145 Å². The van der Waals surface area contributed by atoms with Crippen LogP contribution in [-0.2, 0) is 13.1 Å². The second-order valence-corrected chi connectivity index (χ2v) is 6.03. The van der Waals surface area contributed by atoms with Crippen LogP contribution in [0.3, 0.4) is 0 Å². The highest BCUT2D eigenvalue weighted by Crippen LogP contribution is 2.21. The van der Waals surface area contributed by atoms with Gasteiger partial charge in [0.05, 0.1) is 11.4 Å². The van der Waals surface area contributed by atoms with Crippen LogP contribution in [0.15, 0.2) is 36.5 Å². The zero-order valence-corrected chi connectivity index (χ0v) is 14.5. The molecule has 3 rings (SSSR count). The average Bonchev–Trinajstić information content (AvgIpc) is 2.84. The van der Waals surface area contributed by atoms with Gasteiger partial charge in [0.15, 0.2) is 5.82 Å². The van der Waals surface area contributed by atoms with Crippen molar-refractivity contribution in [1.82, 2.24) is 20.1 Å². The molecule has 2 aromatic heterocycles. The molecular weight excluding hydrogens is 322 g/mol. The molecule has 0 spiro atoms. The Kier molecular flexibility index (Phi) is 4.90. The van der Waals surface area contributed by atoms with Crippen LogP contribution in [0.25, 0.3) is 5.69 Å². The molecule has 4 nitrogen and oxygen atoms in total. The van der Waals surface area contributed by atoms with E-state index in [-0.39, 0.29) is 5.69 Å². The first kappa shape index (κ1) is 17.2. The van der Waals surface area contributed by atoms with Crippen molar-refractivity contribution in [2.45, 2.75) is 33.9 Å². The molecule has 0 unspecified atom stereocenters. The van der Waals surface area contributed by atoms with E-state index in [0.717, 1.165) is 34.3 Å². The fourth-order valence-electron chi connectivity index (χ4n) is 2.83. The maximum Gasteiger partial charge on any atom is 0.151 e. The number of pyridine rings is 1. The van der Waals surface area contributed by atoms with E-state index in [2.05, 4.69) is 15.4 Å². The molecule has 1 aromatic carbocycles. The summed E-state index contributed by atoms with van der Waals surface area (Å²) in [6, 6.07) is 7.44. The van der Waals surface area contributed by atoms with Crippen LogP contribution in [0.5, 0.6) is 0 Å². The van der Waals surface area contributed by atoms with Gasteiger partial charge in [-0.25, -0.2) is 13.5 Å². The van der Waals surface area contributed by atoms with Crippen LogP contribution in [0.2, 0.25) is 0 Å². The van der Waals surface area contributed by atoms with E-state index < -0.39 is 11.6 Å². The van der Waals surface area contributed by atoms with Gasteiger partial charge in [0.25, 0.3) is 0 Å². The number of halogens is 2. The molecule has 130 valence electrons. The fraction of sp³-hybridized carbons (Fsp3) is 0.263. The molecule has 0 saturated carbocycles. The standard InChI is InChI=1S/C19H20F2N4/c1-12-5-4-8-23-18(12)11-22-10-16-13(2)24-25(14(16)3)19-7-6-15(20)9-17(19)21/h4-9,22H,10-11H2,1-3H3. The predicted molar refractivity (Wildman–Crippen MR) is 92.5 cm³/mol. The maximum absolute atomic E-state index is 14.1. The summed E-state index contributed by atoms with van der Waals surface area (Å²) in [6.07, 6.45) is 1.77. The van der Waals surface area contributed by atoms with Crippen molar-refractivity contribution in [2.75, 3.05) is 0 Å². The van der Waals surface area contributed by atoms with Gasteiger partial charge in [-0.15, -0.1) is 0 Å². The minimum absolute atomic E-state index is 0.244. The van der Waals surface area contributed by atoms with Gasteiger partial charge < -0.3 is 5.32 Å². The summed E-state index contributed by atoms with van der Waals surface area (Å²) in [5.41, 5.74) is 5.01. The molecule has 0 aliphatic carbocycles. The maximum atomic E-state index is 14.1. The van der Waals surface area contributed by atoms with E-state index in [1.807, 2.05) is 32.9 Å². The number of rotatable bonds is 5. The van der Waals surface area contributed by atoms with Gasteiger partial charge in [-0.2, -0.15) is 5.10 Å². The van der Waals surface area contributed by atoms with Crippen LogP contribution in [0, 0.1) is 32.4 Å². The van der Waals surface area contributed by atoms with Gasteiger partial charge in [-0.1, -0.05) is 6.07 Å². The highest BCUT2D eigenvalue weighted by molar-refractivity contribution is 5.38. The summed E-state index contributed by atoms with van der Waals surface area (Å²) in [5, 5.41) is 7.77. The van der Waals surface area contributed by atoms with Gasteiger partial charge in [0.1, 0.15) is 11.5 Å². The Morgan fingerprint density at radius 3 is 2.60 bits per heavy atom. The van der Waals surface area contributed by atoms with Crippen LogP contribution in [0.4, 0.5) is 8.78 Å². The molecule has 3 aromatic rings. The quantitative estimate of drug-likeness (QED) is 0.768. The van der Waals surface area contributed by atoms with Crippen molar-refractivity contribution >= 4 is 0 Å². The monoisotopic (exact) mass is 342 g/mol. The molecule has 0 fully saturated rings. The first-order chi connectivity index (χ1) is 12.0. The molecule has 0 saturated heterocycles. The van der Waals surface area contributed by atoms with Crippen LogP contribution >= 0.6 is 0 Å². The summed E-state index contributed by atoms with van der Waals surface area (Å²) in [7, 11) is 0. The van der Waals surface area contributed by atoms with Gasteiger partial charge in [-0.3, -0.25) is 4.98 Å². The predicted octanol–water partition coefficient (Wildman–Crippen LogP) is 3.76. The summed E-state index contributed by atoms with van der Waals surface area (Å²) in [5.74, 6) is -1.23. The average molecular weight is 342 g/mol. The van der Waals surface area contributed by atoms with E-state index in [0.29, 0.717) is 13.1 Å². The molecular formula is C19H20F2N4. The van der Waals surface area contributed by atoms with E-state index >= 15 is 0 Å². The third-order valence-corrected chi connectivity index (χ3v) is 4.29. The second kappa shape index (κ2) is 7.11. The van der Waals surface area contributed by atoms with Gasteiger partial charge >= 0.3 is 0 Å². The first-order valence-electron chi connectivity index (χ1n) is 8.09. The van der Waals surface area contributed by atoms with Gasteiger partial charge in [0.2, 0.25) is 0 Å². The molecule has 0 atom stereocenters. The van der Waals surface area contributed by atoms with Gasteiger partial charge in [0, 0.05) is 36.6 Å². The molecule has 0 aliphatic heterocycles. The highest BCUT2D eigenvalue weighted by Gasteiger charge is 2.15. The van der Waals surface area contributed by atoms with Crippen molar-refractivity contribution in [1.29, 1.82) is 0 Å². The first-order valence-corrected chi connectivity index (χ1v) is 8.09. The molecule has 1 N–H and O–H groups in total. The molecule has 25 heavy (non-hydrogen) atoms. The molecule has 0 amide bonds. The molecule has 0 aliphatic rings. The van der Waals surface area contributed by atoms with E-state index in [9.17, 15) is 8.78 Å². The largest absolute Gasteiger partial charge is 0.307 e. The molecule has 6 heteroatoms. The summed E-state index contributed by atoms with van der Waals surface area (Å²) >= 11 is 0. The number of hydrogen-bond donors (Lipinski definition) is 1. The molecule has 0 bridgehead atoms. The fourth-order valence-corrected chi connectivity index (χ4v) is 2.83. The SMILES string of the molecule is Cc1cccnc1CNCc1c(C)nn(-c2ccc(F)cc2F)c1C. The summed E-state index contributed by atoms with van der Waals surface area (Å²) in [6.45, 7) is 7.02. The van der Waals surface area contributed by atoms with E-state index in [1.54, 1.807) is 6.20 Å². The van der Waals surface area contributed by atoms with Crippen LogP contribution < -0.4 is 5.32 Å². The van der Waals surface area contributed by atoms with E-state index in [4.69, 9.17) is 0 Å². The second-order valence-electron chi connectivity index (χ2n) is 6.03. The third-order valence-electron chi connectivity index (χ3n) is 4.29. The van der Waals surface area contributed by atoms with Crippen molar-refractivity contribution < 1.29 is 8.78 Å². The normalized spacial score (nSPS) is 11.1. The summed E-state index contributed by atoms with van der Waals surface area (Å²) < 4.78 is 28.7. The van der Waals surface area contributed by atoms with Gasteiger partial charge in [-0.05, 0) is 44.5 Å². The highest BCUT2D eigenvalue weighted by atomic mass is 19.1. The van der Waals surface area contributed by atoms with Crippen molar-refractivity contribution in [3.63, 3.8) is 0 Å². The number of hydrogen-bond acceptors (Lipinski definition) is 3. The third kappa shape index (κ3) is 3.58. The smallest absolute Gasteiger partial charge is 0.151 e. The lowest BCUT2D eigenvalue weighted by molar-refractivity contribution is 0.572. The number of nitrogens with zero attached hydrogens (tertiary/aromatic N) is 3. The topological polar surface area (TPSA) is 42.7 Å². The minimum Gasteiger partial charge on any atom is -0.307 e.